The van der Waals surface area contributed by atoms with Crippen molar-refractivity contribution < 1.29 is 4.79 Å². The van der Waals surface area contributed by atoms with Crippen molar-refractivity contribution in [1.29, 1.82) is 0 Å². The average molecular weight is 352 g/mol. The van der Waals surface area contributed by atoms with Gasteiger partial charge in [0.15, 0.2) is 0 Å². The first-order valence-electron chi connectivity index (χ1n) is 7.40. The number of nitrogens with one attached hydrogen (secondary N) is 1. The zero-order chi connectivity index (χ0) is 16.8. The predicted molar refractivity (Wildman–Crippen MR) is 97.1 cm³/mol. The number of urea groups is 1. The summed E-state index contributed by atoms with van der Waals surface area (Å²) < 4.78 is 0. The van der Waals surface area contributed by atoms with Crippen LogP contribution < -0.4 is 5.32 Å². The van der Waals surface area contributed by atoms with Gasteiger partial charge < -0.3 is 15.1 Å². The van der Waals surface area contributed by atoms with E-state index in [1.54, 1.807) is 23.3 Å². The molecule has 6 heteroatoms. The Morgan fingerprint density at radius 2 is 1.91 bits per heavy atom. The summed E-state index contributed by atoms with van der Waals surface area (Å²) in [6.45, 7) is 1.13. The number of hydrogen-bond donors (Lipinski definition) is 1. The Bertz CT molecular complexity index is 613. The number of carbonyl (C=O) groups is 1. The van der Waals surface area contributed by atoms with Gasteiger partial charge in [0, 0.05) is 30.0 Å². The van der Waals surface area contributed by atoms with Gasteiger partial charge in [-0.1, -0.05) is 29.8 Å². The Labute approximate surface area is 146 Å². The second-order valence-corrected chi connectivity index (χ2v) is 7.08. The summed E-state index contributed by atoms with van der Waals surface area (Å²) in [6, 6.07) is 11.8. The van der Waals surface area contributed by atoms with E-state index in [9.17, 15) is 4.79 Å². The van der Waals surface area contributed by atoms with Crippen LogP contribution in [0.2, 0.25) is 5.02 Å². The molecule has 0 saturated heterocycles. The summed E-state index contributed by atoms with van der Waals surface area (Å²) in [7, 11) is 5.84. The van der Waals surface area contributed by atoms with Gasteiger partial charge in [-0.15, -0.1) is 11.3 Å². The molecule has 1 atom stereocenters. The fourth-order valence-electron chi connectivity index (χ4n) is 2.27. The molecule has 4 nitrogen and oxygen atoms in total. The van der Waals surface area contributed by atoms with E-state index in [0.717, 1.165) is 5.56 Å². The number of amides is 2. The maximum atomic E-state index is 12.3. The van der Waals surface area contributed by atoms with Gasteiger partial charge in [0.2, 0.25) is 0 Å². The molecule has 0 aliphatic rings. The lowest BCUT2D eigenvalue weighted by Crippen LogP contribution is -2.41. The molecule has 23 heavy (non-hydrogen) atoms. The van der Waals surface area contributed by atoms with E-state index in [1.807, 2.05) is 44.4 Å². The molecule has 1 aromatic heterocycles. The van der Waals surface area contributed by atoms with E-state index in [4.69, 9.17) is 11.6 Å². The first-order chi connectivity index (χ1) is 11.0. The predicted octanol–water partition coefficient (Wildman–Crippen LogP) is 3.85. The van der Waals surface area contributed by atoms with E-state index in [2.05, 4.69) is 21.7 Å². The quantitative estimate of drug-likeness (QED) is 0.858. The zero-order valence-electron chi connectivity index (χ0n) is 13.6. The second kappa shape index (κ2) is 8.34. The number of benzene rings is 1. The number of rotatable bonds is 6. The van der Waals surface area contributed by atoms with Gasteiger partial charge in [-0.3, -0.25) is 0 Å². The molecule has 0 spiro atoms. The summed E-state index contributed by atoms with van der Waals surface area (Å²) >= 11 is 7.58. The first kappa shape index (κ1) is 17.8. The molecule has 1 N–H and O–H groups in total. The highest BCUT2D eigenvalue weighted by Crippen LogP contribution is 2.22. The topological polar surface area (TPSA) is 35.6 Å². The van der Waals surface area contributed by atoms with Gasteiger partial charge in [0.25, 0.3) is 0 Å². The third-order valence-electron chi connectivity index (χ3n) is 3.62. The molecule has 1 unspecified atom stereocenters. The maximum absolute atomic E-state index is 12.3. The SMILES string of the molecule is CN(Cc1ccc(Cl)cc1)C(=O)NCC(c1cccs1)N(C)C. The number of halogens is 1. The minimum atomic E-state index is -0.0802. The van der Waals surface area contributed by atoms with Crippen LogP contribution in [-0.4, -0.2) is 43.5 Å². The molecule has 2 amide bonds. The molecule has 0 saturated carbocycles. The maximum Gasteiger partial charge on any atom is 0.317 e. The number of carbonyl (C=O) groups excluding carboxylic acids is 1. The summed E-state index contributed by atoms with van der Waals surface area (Å²) in [5, 5.41) is 5.77. The molecule has 0 fully saturated rings. The Balaban J connectivity index is 1.88. The fraction of sp³-hybridized carbons (Fsp3) is 0.353. The van der Waals surface area contributed by atoms with Crippen LogP contribution in [0.4, 0.5) is 4.79 Å². The Hall–Kier alpha value is -1.56. The van der Waals surface area contributed by atoms with Crippen LogP contribution in [0, 0.1) is 0 Å². The molecule has 2 rings (SSSR count). The molecule has 0 aliphatic heterocycles. The van der Waals surface area contributed by atoms with Crippen LogP contribution >= 0.6 is 22.9 Å². The van der Waals surface area contributed by atoms with Crippen molar-refractivity contribution in [2.75, 3.05) is 27.7 Å². The lowest BCUT2D eigenvalue weighted by molar-refractivity contribution is 0.201. The molecule has 1 aromatic carbocycles. The van der Waals surface area contributed by atoms with E-state index in [1.165, 1.54) is 4.88 Å². The molecule has 124 valence electrons. The highest BCUT2D eigenvalue weighted by Gasteiger charge is 2.17. The highest BCUT2D eigenvalue weighted by atomic mass is 35.5. The number of likely N-dealkylation sites (N-methyl/N-ethyl adjacent to an activating group) is 1. The summed E-state index contributed by atoms with van der Waals surface area (Å²) in [4.78, 5) is 17.3. The highest BCUT2D eigenvalue weighted by molar-refractivity contribution is 7.10. The summed E-state index contributed by atoms with van der Waals surface area (Å²) in [6.07, 6.45) is 0. The van der Waals surface area contributed by atoms with Gasteiger partial charge in [-0.25, -0.2) is 4.79 Å². The number of hydrogen-bond acceptors (Lipinski definition) is 3. The Morgan fingerprint density at radius 3 is 2.48 bits per heavy atom. The van der Waals surface area contributed by atoms with Crippen molar-refractivity contribution in [3.63, 3.8) is 0 Å². The third kappa shape index (κ3) is 5.23. The molecular formula is C17H22ClN3OS. The normalized spacial score (nSPS) is 12.2. The van der Waals surface area contributed by atoms with Crippen LogP contribution in [0.5, 0.6) is 0 Å². The number of nitrogens with zero attached hydrogens (tertiary/aromatic N) is 2. The van der Waals surface area contributed by atoms with E-state index in [0.29, 0.717) is 18.1 Å². The molecular weight excluding hydrogens is 330 g/mol. The standard InChI is InChI=1S/C17H22ClN3OS/c1-20(2)15(16-5-4-10-23-16)11-19-17(22)21(3)12-13-6-8-14(18)9-7-13/h4-10,15H,11-12H2,1-3H3,(H,19,22). The minimum absolute atomic E-state index is 0.0802. The van der Waals surface area contributed by atoms with E-state index < -0.39 is 0 Å². The van der Waals surface area contributed by atoms with Crippen LogP contribution in [0.25, 0.3) is 0 Å². The molecule has 0 bridgehead atoms. The smallest absolute Gasteiger partial charge is 0.317 e. The van der Waals surface area contributed by atoms with Crippen molar-refractivity contribution in [2.45, 2.75) is 12.6 Å². The molecule has 0 aliphatic carbocycles. The molecule has 0 radical (unpaired) electrons. The van der Waals surface area contributed by atoms with E-state index >= 15 is 0 Å². The van der Waals surface area contributed by atoms with Crippen molar-refractivity contribution in [1.82, 2.24) is 15.1 Å². The first-order valence-corrected chi connectivity index (χ1v) is 8.66. The van der Waals surface area contributed by atoms with Gasteiger partial charge in [0.05, 0.1) is 6.04 Å². The third-order valence-corrected chi connectivity index (χ3v) is 4.85. The summed E-state index contributed by atoms with van der Waals surface area (Å²) in [5.74, 6) is 0. The largest absolute Gasteiger partial charge is 0.336 e. The van der Waals surface area contributed by atoms with Crippen molar-refractivity contribution in [2.24, 2.45) is 0 Å². The molecule has 2 aromatic rings. The van der Waals surface area contributed by atoms with Crippen LogP contribution in [0.15, 0.2) is 41.8 Å². The van der Waals surface area contributed by atoms with Crippen molar-refractivity contribution in [3.8, 4) is 0 Å². The van der Waals surface area contributed by atoms with Gasteiger partial charge in [0.1, 0.15) is 0 Å². The average Bonchev–Trinajstić information content (AvgIpc) is 3.03. The monoisotopic (exact) mass is 351 g/mol. The van der Waals surface area contributed by atoms with Gasteiger partial charge in [-0.2, -0.15) is 0 Å². The Morgan fingerprint density at radius 1 is 1.22 bits per heavy atom. The lowest BCUT2D eigenvalue weighted by atomic mass is 10.2. The minimum Gasteiger partial charge on any atom is -0.336 e. The van der Waals surface area contributed by atoms with Gasteiger partial charge >= 0.3 is 6.03 Å². The van der Waals surface area contributed by atoms with Crippen molar-refractivity contribution in [3.05, 3.63) is 57.2 Å². The Kier molecular flexibility index (Phi) is 6.45. The van der Waals surface area contributed by atoms with Crippen LogP contribution in [-0.2, 0) is 6.54 Å². The zero-order valence-corrected chi connectivity index (χ0v) is 15.2. The number of thiophene rings is 1. The second-order valence-electron chi connectivity index (χ2n) is 5.66. The fourth-order valence-corrected chi connectivity index (χ4v) is 3.32. The van der Waals surface area contributed by atoms with Crippen molar-refractivity contribution >= 4 is 29.0 Å². The van der Waals surface area contributed by atoms with Crippen LogP contribution in [0.1, 0.15) is 16.5 Å². The summed E-state index contributed by atoms with van der Waals surface area (Å²) in [5.41, 5.74) is 1.05. The van der Waals surface area contributed by atoms with Crippen LogP contribution in [0.3, 0.4) is 0 Å². The van der Waals surface area contributed by atoms with E-state index in [-0.39, 0.29) is 12.1 Å². The van der Waals surface area contributed by atoms with Gasteiger partial charge in [-0.05, 0) is 43.2 Å². The lowest BCUT2D eigenvalue weighted by Gasteiger charge is -2.25. The molecule has 1 heterocycles.